The first-order chi connectivity index (χ1) is 24.7. The third kappa shape index (κ3) is 32.5. The van der Waals surface area contributed by atoms with Gasteiger partial charge in [0.2, 0.25) is 0 Å². The number of likely N-dealkylation sites (N-methyl/N-ethyl adjacent to an activating group) is 1. The molecule has 17 heteroatoms. The summed E-state index contributed by atoms with van der Waals surface area (Å²) in [6, 6.07) is 7.98. The molecule has 0 amide bonds. The van der Waals surface area contributed by atoms with Crippen molar-refractivity contribution >= 4 is 10.1 Å². The molecule has 16 nitrogen and oxygen atoms in total. The first-order valence-corrected chi connectivity index (χ1v) is 18.6. The summed E-state index contributed by atoms with van der Waals surface area (Å²) in [6.45, 7) is 12.3. The SMILES string of the molecule is CNCCOCCOCCOCCOCCOCCOCCOCCOCCOCCOCCOCCOCCOS(=O)(=O)c1ccccc1. The zero-order valence-corrected chi connectivity index (χ0v) is 30.6. The van der Waals surface area contributed by atoms with Gasteiger partial charge < -0.3 is 62.2 Å². The molecule has 1 aromatic carbocycles. The Bertz CT molecular complexity index is 918. The quantitative estimate of drug-likeness (QED) is 0.0739. The van der Waals surface area contributed by atoms with Crippen LogP contribution < -0.4 is 5.32 Å². The Morgan fingerprint density at radius 3 is 0.880 bits per heavy atom. The van der Waals surface area contributed by atoms with Crippen molar-refractivity contribution in [2.75, 3.05) is 179 Å². The van der Waals surface area contributed by atoms with Crippen molar-refractivity contribution in [1.29, 1.82) is 0 Å². The normalized spacial score (nSPS) is 11.9. The van der Waals surface area contributed by atoms with E-state index in [1.54, 1.807) is 18.2 Å². The molecule has 0 bridgehead atoms. The van der Waals surface area contributed by atoms with E-state index >= 15 is 0 Å². The summed E-state index contributed by atoms with van der Waals surface area (Å²) in [5.41, 5.74) is 0. The average Bonchev–Trinajstić information content (AvgIpc) is 3.13. The van der Waals surface area contributed by atoms with Gasteiger partial charge in [0.25, 0.3) is 10.1 Å². The lowest BCUT2D eigenvalue weighted by Gasteiger charge is -2.09. The van der Waals surface area contributed by atoms with Crippen LogP contribution in [0.5, 0.6) is 0 Å². The van der Waals surface area contributed by atoms with E-state index in [0.29, 0.717) is 152 Å². The number of hydrogen-bond donors (Lipinski definition) is 1. The molecule has 0 radical (unpaired) electrons. The Hall–Kier alpha value is -1.39. The van der Waals surface area contributed by atoms with Gasteiger partial charge >= 0.3 is 0 Å². The van der Waals surface area contributed by atoms with E-state index in [0.717, 1.165) is 6.54 Å². The van der Waals surface area contributed by atoms with Crippen LogP contribution in [0.3, 0.4) is 0 Å². The first-order valence-electron chi connectivity index (χ1n) is 17.2. The summed E-state index contributed by atoms with van der Waals surface area (Å²) < 4.78 is 94.1. The van der Waals surface area contributed by atoms with Gasteiger partial charge in [-0.3, -0.25) is 4.18 Å². The van der Waals surface area contributed by atoms with E-state index in [4.69, 9.17) is 61.0 Å². The van der Waals surface area contributed by atoms with Gasteiger partial charge in [0.05, 0.1) is 170 Å². The minimum Gasteiger partial charge on any atom is -0.378 e. The maximum Gasteiger partial charge on any atom is 0.297 e. The molecule has 0 aliphatic rings. The second-order valence-electron chi connectivity index (χ2n) is 10.0. The highest BCUT2D eigenvalue weighted by molar-refractivity contribution is 7.86. The van der Waals surface area contributed by atoms with Crippen LogP contribution in [0.15, 0.2) is 35.2 Å². The zero-order valence-electron chi connectivity index (χ0n) is 29.8. The van der Waals surface area contributed by atoms with Crippen molar-refractivity contribution < 1.29 is 69.4 Å². The van der Waals surface area contributed by atoms with Gasteiger partial charge in [0.15, 0.2) is 0 Å². The molecule has 0 aromatic heterocycles. The van der Waals surface area contributed by atoms with Crippen LogP contribution in [0.1, 0.15) is 0 Å². The van der Waals surface area contributed by atoms with Crippen LogP contribution in [0.25, 0.3) is 0 Å². The predicted molar refractivity (Wildman–Crippen MR) is 183 cm³/mol. The topological polar surface area (TPSA) is 166 Å². The molecule has 0 spiro atoms. The van der Waals surface area contributed by atoms with E-state index in [1.807, 2.05) is 7.05 Å². The molecular weight excluding hydrogens is 682 g/mol. The third-order valence-electron chi connectivity index (χ3n) is 6.09. The summed E-state index contributed by atoms with van der Waals surface area (Å²) >= 11 is 0. The smallest absolute Gasteiger partial charge is 0.297 e. The lowest BCUT2D eigenvalue weighted by molar-refractivity contribution is -0.0285. The summed E-state index contributed by atoms with van der Waals surface area (Å²) in [6.07, 6.45) is 0. The highest BCUT2D eigenvalue weighted by Gasteiger charge is 2.13. The standard InChI is InChI=1S/C33H61NO15S/c1-34-7-8-37-9-10-38-11-12-39-13-14-40-15-16-41-17-18-42-19-20-43-21-22-44-23-24-45-25-26-46-27-28-47-29-30-48-31-32-49-50(35,36)33-5-3-2-4-6-33/h2-6,34H,7-32H2,1H3. The van der Waals surface area contributed by atoms with E-state index in [2.05, 4.69) is 5.32 Å². The number of nitrogens with one attached hydrogen (secondary N) is 1. The molecule has 0 saturated heterocycles. The molecule has 1 rings (SSSR count). The average molecular weight is 744 g/mol. The fourth-order valence-electron chi connectivity index (χ4n) is 3.55. The molecular formula is C33H61NO15S. The lowest BCUT2D eigenvalue weighted by Crippen LogP contribution is -2.17. The Kier molecular flexibility index (Phi) is 34.9. The second-order valence-corrected chi connectivity index (χ2v) is 11.7. The minimum absolute atomic E-state index is 0.0598. The van der Waals surface area contributed by atoms with Gasteiger partial charge in [-0.15, -0.1) is 0 Å². The fourth-order valence-corrected chi connectivity index (χ4v) is 4.47. The molecule has 294 valence electrons. The van der Waals surface area contributed by atoms with E-state index in [9.17, 15) is 8.42 Å². The largest absolute Gasteiger partial charge is 0.378 e. The fraction of sp³-hybridized carbons (Fsp3) is 0.818. The van der Waals surface area contributed by atoms with Crippen LogP contribution in [0.4, 0.5) is 0 Å². The molecule has 0 aliphatic carbocycles. The minimum atomic E-state index is -3.76. The second kappa shape index (κ2) is 37.4. The lowest BCUT2D eigenvalue weighted by atomic mass is 10.4. The van der Waals surface area contributed by atoms with Crippen molar-refractivity contribution in [2.45, 2.75) is 4.90 Å². The van der Waals surface area contributed by atoms with E-state index in [1.165, 1.54) is 12.1 Å². The van der Waals surface area contributed by atoms with Crippen molar-refractivity contribution in [1.82, 2.24) is 5.32 Å². The number of rotatable bonds is 41. The van der Waals surface area contributed by atoms with Gasteiger partial charge in [-0.25, -0.2) is 0 Å². The molecule has 0 saturated carbocycles. The van der Waals surface area contributed by atoms with Gasteiger partial charge in [-0.05, 0) is 19.2 Å². The monoisotopic (exact) mass is 743 g/mol. The molecule has 0 atom stereocenters. The van der Waals surface area contributed by atoms with E-state index in [-0.39, 0.29) is 18.1 Å². The van der Waals surface area contributed by atoms with Crippen LogP contribution in [0, 0.1) is 0 Å². The number of ether oxygens (including phenoxy) is 12. The van der Waals surface area contributed by atoms with Gasteiger partial charge in [0.1, 0.15) is 0 Å². The predicted octanol–water partition coefficient (Wildman–Crippen LogP) is 0.811. The van der Waals surface area contributed by atoms with Crippen LogP contribution in [0.2, 0.25) is 0 Å². The summed E-state index contributed by atoms with van der Waals surface area (Å²) in [7, 11) is -1.87. The molecule has 0 heterocycles. The Labute approximate surface area is 298 Å². The molecule has 1 aromatic rings. The first kappa shape index (κ1) is 46.6. The Morgan fingerprint density at radius 2 is 0.620 bits per heavy atom. The highest BCUT2D eigenvalue weighted by Crippen LogP contribution is 2.10. The maximum absolute atomic E-state index is 12.0. The van der Waals surface area contributed by atoms with Crippen molar-refractivity contribution in [3.8, 4) is 0 Å². The highest BCUT2D eigenvalue weighted by atomic mass is 32.2. The van der Waals surface area contributed by atoms with Gasteiger partial charge in [0, 0.05) is 6.54 Å². The maximum atomic E-state index is 12.0. The van der Waals surface area contributed by atoms with Crippen LogP contribution in [-0.2, 0) is 71.1 Å². The van der Waals surface area contributed by atoms with Crippen LogP contribution >= 0.6 is 0 Å². The summed E-state index contributed by atoms with van der Waals surface area (Å²) in [5, 5.41) is 3.02. The molecule has 50 heavy (non-hydrogen) atoms. The van der Waals surface area contributed by atoms with Crippen molar-refractivity contribution in [2.24, 2.45) is 0 Å². The van der Waals surface area contributed by atoms with Gasteiger partial charge in [-0.1, -0.05) is 18.2 Å². The van der Waals surface area contributed by atoms with E-state index < -0.39 is 10.1 Å². The molecule has 0 unspecified atom stereocenters. The zero-order chi connectivity index (χ0) is 35.9. The summed E-state index contributed by atoms with van der Waals surface area (Å²) in [4.78, 5) is 0.119. The third-order valence-corrected chi connectivity index (χ3v) is 7.41. The number of hydrogen-bond acceptors (Lipinski definition) is 16. The molecule has 1 N–H and O–H groups in total. The Balaban J connectivity index is 1.64. The summed E-state index contributed by atoms with van der Waals surface area (Å²) in [5.74, 6) is 0. The molecule has 0 aliphatic heterocycles. The molecule has 0 fully saturated rings. The Morgan fingerprint density at radius 1 is 0.380 bits per heavy atom. The van der Waals surface area contributed by atoms with Gasteiger partial charge in [-0.2, -0.15) is 8.42 Å². The van der Waals surface area contributed by atoms with Crippen molar-refractivity contribution in [3.63, 3.8) is 0 Å². The van der Waals surface area contributed by atoms with Crippen LogP contribution in [-0.4, -0.2) is 187 Å². The van der Waals surface area contributed by atoms with Crippen molar-refractivity contribution in [3.05, 3.63) is 30.3 Å². The number of benzene rings is 1.